The summed E-state index contributed by atoms with van der Waals surface area (Å²) < 4.78 is 5.33. The van der Waals surface area contributed by atoms with E-state index in [-0.39, 0.29) is 0 Å². The normalized spacial score (nSPS) is 10.2. The highest BCUT2D eigenvalue weighted by Crippen LogP contribution is 2.32. The van der Waals surface area contributed by atoms with E-state index < -0.39 is 6.03 Å². The molecule has 3 N–H and O–H groups in total. The maximum absolute atomic E-state index is 12.0. The van der Waals surface area contributed by atoms with E-state index >= 15 is 0 Å². The number of nitrogens with one attached hydrogen (secondary N) is 3. The topological polar surface area (TPSA) is 88.2 Å². The number of carbonyl (C=O) groups is 1. The molecule has 0 aliphatic rings. The van der Waals surface area contributed by atoms with Gasteiger partial charge in [0.1, 0.15) is 5.75 Å². The van der Waals surface area contributed by atoms with Crippen LogP contribution in [-0.2, 0) is 0 Å². The number of aromatic nitrogens is 2. The number of benzene rings is 2. The second-order valence-corrected chi connectivity index (χ2v) is 6.08. The molecule has 0 spiro atoms. The van der Waals surface area contributed by atoms with Crippen molar-refractivity contribution in [2.24, 2.45) is 0 Å². The van der Waals surface area contributed by atoms with Crippen LogP contribution in [0, 0.1) is 6.92 Å². The smallest absolute Gasteiger partial charge is 0.324 e. The quantitative estimate of drug-likeness (QED) is 0.587. The molecule has 1 heterocycles. The summed E-state index contributed by atoms with van der Waals surface area (Å²) >= 11 is 6.11. The number of rotatable bonds is 5. The van der Waals surface area contributed by atoms with Crippen LogP contribution in [0.4, 0.5) is 27.8 Å². The number of methoxy groups -OCH3 is 1. The number of hydrogen-bond acceptors (Lipinski definition) is 5. The average molecular weight is 384 g/mol. The Morgan fingerprint density at radius 1 is 1.00 bits per heavy atom. The lowest BCUT2D eigenvalue weighted by molar-refractivity contribution is 0.262. The molecule has 8 heteroatoms. The number of ether oxygens (including phenoxy) is 1. The van der Waals surface area contributed by atoms with Crippen molar-refractivity contribution in [3.8, 4) is 5.75 Å². The first kappa shape index (κ1) is 18.5. The number of aryl methyl sites for hydroxylation is 1. The highest BCUT2D eigenvalue weighted by molar-refractivity contribution is 6.31. The minimum atomic E-state index is -0.397. The summed E-state index contributed by atoms with van der Waals surface area (Å²) in [5.41, 5.74) is 2.31. The van der Waals surface area contributed by atoms with Crippen LogP contribution in [0.3, 0.4) is 0 Å². The lowest BCUT2D eigenvalue weighted by Gasteiger charge is -2.12. The summed E-state index contributed by atoms with van der Waals surface area (Å²) in [6, 6.07) is 15.7. The first-order chi connectivity index (χ1) is 13.0. The molecule has 138 valence electrons. The van der Waals surface area contributed by atoms with Crippen LogP contribution in [0.2, 0.25) is 5.02 Å². The SMILES string of the molecule is COc1cc(Cl)c(C)cc1Nc1ccc(NC(=O)Nc2ccccc2)nn1. The van der Waals surface area contributed by atoms with Gasteiger partial charge in [-0.05, 0) is 42.8 Å². The van der Waals surface area contributed by atoms with Gasteiger partial charge in [0.2, 0.25) is 0 Å². The molecule has 0 radical (unpaired) electrons. The van der Waals surface area contributed by atoms with E-state index in [0.29, 0.717) is 28.1 Å². The van der Waals surface area contributed by atoms with Crippen LogP contribution in [0.25, 0.3) is 0 Å². The number of para-hydroxylation sites is 1. The van der Waals surface area contributed by atoms with Crippen molar-refractivity contribution in [2.75, 3.05) is 23.1 Å². The molecule has 2 aromatic carbocycles. The van der Waals surface area contributed by atoms with E-state index in [1.807, 2.05) is 31.2 Å². The Kier molecular flexibility index (Phi) is 5.73. The molecule has 0 saturated carbocycles. The van der Waals surface area contributed by atoms with Gasteiger partial charge in [-0.3, -0.25) is 5.32 Å². The molecule has 1 aromatic heterocycles. The molecule has 0 fully saturated rings. The van der Waals surface area contributed by atoms with E-state index in [9.17, 15) is 4.79 Å². The molecule has 0 unspecified atom stereocenters. The van der Waals surface area contributed by atoms with Crippen molar-refractivity contribution in [3.63, 3.8) is 0 Å². The third-order valence-corrected chi connectivity index (χ3v) is 4.09. The molecule has 0 saturated heterocycles. The van der Waals surface area contributed by atoms with E-state index in [4.69, 9.17) is 16.3 Å². The minimum Gasteiger partial charge on any atom is -0.495 e. The van der Waals surface area contributed by atoms with E-state index in [1.165, 1.54) is 0 Å². The van der Waals surface area contributed by atoms with Crippen LogP contribution in [-0.4, -0.2) is 23.3 Å². The van der Waals surface area contributed by atoms with Crippen molar-refractivity contribution >= 4 is 40.6 Å². The highest BCUT2D eigenvalue weighted by Gasteiger charge is 2.09. The monoisotopic (exact) mass is 383 g/mol. The molecule has 3 aromatic rings. The second-order valence-electron chi connectivity index (χ2n) is 5.68. The Morgan fingerprint density at radius 3 is 2.37 bits per heavy atom. The zero-order chi connectivity index (χ0) is 19.2. The molecule has 27 heavy (non-hydrogen) atoms. The van der Waals surface area contributed by atoms with Gasteiger partial charge in [0.25, 0.3) is 0 Å². The molecule has 0 atom stereocenters. The van der Waals surface area contributed by atoms with Crippen molar-refractivity contribution in [3.05, 3.63) is 65.2 Å². The number of hydrogen-bond donors (Lipinski definition) is 3. The summed E-state index contributed by atoms with van der Waals surface area (Å²) in [7, 11) is 1.57. The van der Waals surface area contributed by atoms with Crippen molar-refractivity contribution < 1.29 is 9.53 Å². The number of amides is 2. The molecule has 7 nitrogen and oxygen atoms in total. The maximum atomic E-state index is 12.0. The van der Waals surface area contributed by atoms with E-state index in [0.717, 1.165) is 11.3 Å². The predicted octanol–water partition coefficient (Wildman–Crippen LogP) is 4.83. The fraction of sp³-hybridized carbons (Fsp3) is 0.105. The van der Waals surface area contributed by atoms with E-state index in [2.05, 4.69) is 26.1 Å². The summed E-state index contributed by atoms with van der Waals surface area (Å²) in [6.07, 6.45) is 0. The largest absolute Gasteiger partial charge is 0.495 e. The van der Waals surface area contributed by atoms with Gasteiger partial charge in [-0.15, -0.1) is 10.2 Å². The van der Waals surface area contributed by atoms with Crippen LogP contribution in [0.5, 0.6) is 5.75 Å². The van der Waals surface area contributed by atoms with Gasteiger partial charge in [-0.2, -0.15) is 0 Å². The molecule has 0 aliphatic heterocycles. The first-order valence-electron chi connectivity index (χ1n) is 8.13. The summed E-state index contributed by atoms with van der Waals surface area (Å²) in [6.45, 7) is 1.90. The molecular weight excluding hydrogens is 366 g/mol. The lowest BCUT2D eigenvalue weighted by atomic mass is 10.2. The van der Waals surface area contributed by atoms with Crippen LogP contribution in [0.1, 0.15) is 5.56 Å². The lowest BCUT2D eigenvalue weighted by Crippen LogP contribution is -2.20. The van der Waals surface area contributed by atoms with E-state index in [1.54, 1.807) is 37.4 Å². The Morgan fingerprint density at radius 2 is 1.70 bits per heavy atom. The Balaban J connectivity index is 1.65. The Bertz CT molecular complexity index is 933. The molecule has 2 amide bonds. The predicted molar refractivity (Wildman–Crippen MR) is 107 cm³/mol. The van der Waals surface area contributed by atoms with Gasteiger partial charge in [-0.1, -0.05) is 29.8 Å². The van der Waals surface area contributed by atoms with Crippen LogP contribution < -0.4 is 20.7 Å². The standard InChI is InChI=1S/C19H18ClN5O2/c1-12-10-15(16(27-2)11-14(12)20)22-17-8-9-18(25-24-17)23-19(26)21-13-6-4-3-5-7-13/h3-11H,1-2H3,(H,22,24)(H2,21,23,25,26). The number of urea groups is 1. The van der Waals surface area contributed by atoms with Crippen molar-refractivity contribution in [2.45, 2.75) is 6.92 Å². The van der Waals surface area contributed by atoms with Crippen molar-refractivity contribution in [1.82, 2.24) is 10.2 Å². The average Bonchev–Trinajstić information content (AvgIpc) is 2.67. The van der Waals surface area contributed by atoms with Crippen LogP contribution in [0.15, 0.2) is 54.6 Å². The third kappa shape index (κ3) is 4.86. The highest BCUT2D eigenvalue weighted by atomic mass is 35.5. The van der Waals surface area contributed by atoms with Gasteiger partial charge in [0.15, 0.2) is 11.6 Å². The number of halogens is 1. The first-order valence-corrected chi connectivity index (χ1v) is 8.51. The van der Waals surface area contributed by atoms with Gasteiger partial charge in [0, 0.05) is 16.8 Å². The fourth-order valence-corrected chi connectivity index (χ4v) is 2.49. The molecule has 0 aliphatic carbocycles. The number of carbonyl (C=O) groups excluding carboxylic acids is 1. The third-order valence-electron chi connectivity index (χ3n) is 3.68. The Labute approximate surface area is 161 Å². The van der Waals surface area contributed by atoms with Gasteiger partial charge >= 0.3 is 6.03 Å². The van der Waals surface area contributed by atoms with Crippen LogP contribution >= 0.6 is 11.6 Å². The fourth-order valence-electron chi connectivity index (χ4n) is 2.33. The second kappa shape index (κ2) is 8.37. The summed E-state index contributed by atoms with van der Waals surface area (Å²) in [4.78, 5) is 12.0. The Hall–Kier alpha value is -3.32. The van der Waals surface area contributed by atoms with Gasteiger partial charge in [-0.25, -0.2) is 4.79 Å². The molecular formula is C19H18ClN5O2. The number of nitrogens with zero attached hydrogens (tertiary/aromatic N) is 2. The zero-order valence-corrected chi connectivity index (χ0v) is 15.5. The number of anilines is 4. The molecule has 3 rings (SSSR count). The maximum Gasteiger partial charge on any atom is 0.324 e. The summed E-state index contributed by atoms with van der Waals surface area (Å²) in [5.74, 6) is 1.43. The summed E-state index contributed by atoms with van der Waals surface area (Å²) in [5, 5.41) is 17.2. The van der Waals surface area contributed by atoms with Crippen molar-refractivity contribution in [1.29, 1.82) is 0 Å². The van der Waals surface area contributed by atoms with Gasteiger partial charge in [0.05, 0.1) is 12.8 Å². The minimum absolute atomic E-state index is 0.327. The zero-order valence-electron chi connectivity index (χ0n) is 14.8. The van der Waals surface area contributed by atoms with Gasteiger partial charge < -0.3 is 15.4 Å². The molecule has 0 bridgehead atoms.